The average Bonchev–Trinajstić information content (AvgIpc) is 3.17. The van der Waals surface area contributed by atoms with Crippen LogP contribution in [0.4, 0.5) is 35.1 Å². The number of hydroxylamine groups is 2. The lowest BCUT2D eigenvalue weighted by molar-refractivity contribution is -0.214. The monoisotopic (exact) mass is 439 g/mol. The summed E-state index contributed by atoms with van der Waals surface area (Å²) in [6.45, 7) is -1.96. The van der Waals surface area contributed by atoms with E-state index >= 15 is 0 Å². The maximum absolute atomic E-state index is 12.5. The molecule has 0 fully saturated rings. The van der Waals surface area contributed by atoms with E-state index in [0.29, 0.717) is 11.3 Å². The number of amides is 1. The molecule has 0 aliphatic rings. The molecule has 0 aromatic carbocycles. The molecule has 0 aliphatic carbocycles. The Labute approximate surface area is 154 Å². The van der Waals surface area contributed by atoms with Crippen molar-refractivity contribution in [2.45, 2.75) is 31.7 Å². The fourth-order valence-electron chi connectivity index (χ4n) is 1.78. The number of thiophene rings is 1. The van der Waals surface area contributed by atoms with Gasteiger partial charge in [0.2, 0.25) is 5.82 Å². The number of halogens is 8. The second kappa shape index (κ2) is 8.38. The molecule has 0 bridgehead atoms. The summed E-state index contributed by atoms with van der Waals surface area (Å²) in [6.07, 6.45) is -14.7. The molecule has 0 saturated heterocycles. The summed E-state index contributed by atoms with van der Waals surface area (Å²) in [5, 5.41) is 3.25. The first-order valence-electron chi connectivity index (χ1n) is 7.13. The van der Waals surface area contributed by atoms with Crippen molar-refractivity contribution < 1.29 is 49.3 Å². The molecule has 0 radical (unpaired) electrons. The molecule has 2 aromatic rings. The third kappa shape index (κ3) is 6.40. The largest absolute Gasteiger partial charge is 0.471 e. The number of carbonyl (C=O) groups is 1. The van der Waals surface area contributed by atoms with E-state index in [1.807, 2.05) is 0 Å². The standard InChI is InChI=1S/C13H9F8N3O3S/c14-8(15)5-26-24(9(25)3-12(16,17)18)4-6-1-2-7(28-6)10-22-11(27-23-10)13(19,20)21/h1-2,8H,3-5H2. The summed E-state index contributed by atoms with van der Waals surface area (Å²) in [5.74, 6) is -3.65. The van der Waals surface area contributed by atoms with E-state index in [9.17, 15) is 39.9 Å². The van der Waals surface area contributed by atoms with Crippen molar-refractivity contribution in [3.05, 3.63) is 22.9 Å². The summed E-state index contributed by atoms with van der Waals surface area (Å²) in [7, 11) is 0. The molecule has 2 heterocycles. The molecule has 6 nitrogen and oxygen atoms in total. The van der Waals surface area contributed by atoms with Gasteiger partial charge >= 0.3 is 18.2 Å². The molecule has 28 heavy (non-hydrogen) atoms. The highest BCUT2D eigenvalue weighted by atomic mass is 32.1. The van der Waals surface area contributed by atoms with Gasteiger partial charge in [-0.3, -0.25) is 9.63 Å². The Balaban J connectivity index is 2.14. The highest BCUT2D eigenvalue weighted by molar-refractivity contribution is 7.15. The fraction of sp³-hybridized carbons (Fsp3) is 0.462. The van der Waals surface area contributed by atoms with E-state index in [4.69, 9.17) is 0 Å². The minimum Gasteiger partial charge on any atom is -0.329 e. The van der Waals surface area contributed by atoms with Crippen molar-refractivity contribution in [3.8, 4) is 10.7 Å². The predicted molar refractivity (Wildman–Crippen MR) is 75.8 cm³/mol. The molecule has 2 rings (SSSR count). The van der Waals surface area contributed by atoms with Crippen LogP contribution >= 0.6 is 11.3 Å². The van der Waals surface area contributed by atoms with Gasteiger partial charge in [-0.2, -0.15) is 31.3 Å². The second-order valence-electron chi connectivity index (χ2n) is 5.10. The molecular weight excluding hydrogens is 430 g/mol. The first-order chi connectivity index (χ1) is 12.8. The lowest BCUT2D eigenvalue weighted by Crippen LogP contribution is -2.35. The van der Waals surface area contributed by atoms with Gasteiger partial charge in [-0.25, -0.2) is 13.8 Å². The number of aromatic nitrogens is 2. The number of hydrogen-bond donors (Lipinski definition) is 0. The van der Waals surface area contributed by atoms with Crippen LogP contribution in [0.25, 0.3) is 10.7 Å². The highest BCUT2D eigenvalue weighted by Gasteiger charge is 2.39. The number of hydrogen-bond acceptors (Lipinski definition) is 6. The van der Waals surface area contributed by atoms with Crippen molar-refractivity contribution in [1.82, 2.24) is 15.2 Å². The van der Waals surface area contributed by atoms with Crippen molar-refractivity contribution in [3.63, 3.8) is 0 Å². The van der Waals surface area contributed by atoms with Crippen LogP contribution in [-0.2, 0) is 22.4 Å². The zero-order valence-electron chi connectivity index (χ0n) is 13.4. The predicted octanol–water partition coefficient (Wildman–Crippen LogP) is 4.29. The van der Waals surface area contributed by atoms with Gasteiger partial charge in [0.15, 0.2) is 0 Å². The molecule has 0 spiro atoms. The van der Waals surface area contributed by atoms with Gasteiger partial charge in [-0.05, 0) is 12.1 Å². The summed E-state index contributed by atoms with van der Waals surface area (Å²) in [5.41, 5.74) is 0. The molecular formula is C13H9F8N3O3S. The Hall–Kier alpha value is -2.29. The quantitative estimate of drug-likeness (QED) is 0.476. The lowest BCUT2D eigenvalue weighted by atomic mass is 10.3. The summed E-state index contributed by atoms with van der Waals surface area (Å²) < 4.78 is 103. The molecule has 0 N–H and O–H groups in total. The minimum atomic E-state index is -4.89. The molecule has 0 saturated carbocycles. The van der Waals surface area contributed by atoms with Gasteiger partial charge in [-0.15, -0.1) is 11.3 Å². The van der Waals surface area contributed by atoms with Crippen LogP contribution in [0.1, 0.15) is 17.2 Å². The van der Waals surface area contributed by atoms with Crippen LogP contribution in [0, 0.1) is 0 Å². The normalized spacial score (nSPS) is 12.6. The number of rotatable bonds is 7. The molecule has 156 valence electrons. The zero-order chi connectivity index (χ0) is 21.1. The van der Waals surface area contributed by atoms with Crippen molar-refractivity contribution in [2.75, 3.05) is 6.61 Å². The lowest BCUT2D eigenvalue weighted by Gasteiger charge is -2.21. The topological polar surface area (TPSA) is 68.5 Å². The van der Waals surface area contributed by atoms with Crippen LogP contribution in [0.2, 0.25) is 0 Å². The van der Waals surface area contributed by atoms with E-state index in [-0.39, 0.29) is 14.8 Å². The first-order valence-corrected chi connectivity index (χ1v) is 7.95. The Kier molecular flexibility index (Phi) is 6.59. The fourth-order valence-corrected chi connectivity index (χ4v) is 2.69. The summed E-state index contributed by atoms with van der Waals surface area (Å²) >= 11 is 0.713. The smallest absolute Gasteiger partial charge is 0.329 e. The van der Waals surface area contributed by atoms with Gasteiger partial charge in [0.05, 0.1) is 11.4 Å². The Morgan fingerprint density at radius 2 is 1.89 bits per heavy atom. The van der Waals surface area contributed by atoms with Crippen molar-refractivity contribution in [2.24, 2.45) is 0 Å². The molecule has 2 aromatic heterocycles. The van der Waals surface area contributed by atoms with Gasteiger partial charge < -0.3 is 4.52 Å². The molecule has 0 unspecified atom stereocenters. The van der Waals surface area contributed by atoms with Crippen LogP contribution in [0.15, 0.2) is 16.7 Å². The van der Waals surface area contributed by atoms with Crippen molar-refractivity contribution in [1.29, 1.82) is 0 Å². The maximum atomic E-state index is 12.5. The molecule has 15 heteroatoms. The average molecular weight is 439 g/mol. The third-order valence-corrected chi connectivity index (χ3v) is 3.90. The van der Waals surface area contributed by atoms with Crippen molar-refractivity contribution >= 4 is 17.2 Å². The zero-order valence-corrected chi connectivity index (χ0v) is 14.2. The van der Waals surface area contributed by atoms with E-state index in [2.05, 4.69) is 19.5 Å². The SMILES string of the molecule is O=C(CC(F)(F)F)N(Cc1ccc(-c2noc(C(F)(F)F)n2)s1)OCC(F)F. The maximum Gasteiger partial charge on any atom is 0.471 e. The van der Waals surface area contributed by atoms with E-state index in [0.717, 1.165) is 0 Å². The Morgan fingerprint density at radius 3 is 2.43 bits per heavy atom. The molecule has 1 amide bonds. The van der Waals surface area contributed by atoms with Gasteiger partial charge in [0.25, 0.3) is 12.3 Å². The molecule has 0 atom stereocenters. The number of alkyl halides is 8. The van der Waals surface area contributed by atoms with E-state index in [1.165, 1.54) is 12.1 Å². The van der Waals surface area contributed by atoms with E-state index < -0.39 is 56.0 Å². The van der Waals surface area contributed by atoms with Gasteiger partial charge in [0, 0.05) is 4.88 Å². The second-order valence-corrected chi connectivity index (χ2v) is 6.26. The highest BCUT2D eigenvalue weighted by Crippen LogP contribution is 2.32. The van der Waals surface area contributed by atoms with Crippen LogP contribution in [0.3, 0.4) is 0 Å². The summed E-state index contributed by atoms with van der Waals surface area (Å²) in [4.78, 5) is 19.4. The van der Waals surface area contributed by atoms with Gasteiger partial charge in [0.1, 0.15) is 13.0 Å². The van der Waals surface area contributed by atoms with Gasteiger partial charge in [-0.1, -0.05) is 5.16 Å². The van der Waals surface area contributed by atoms with Crippen LogP contribution in [0.5, 0.6) is 0 Å². The Bertz CT molecular complexity index is 802. The minimum absolute atomic E-state index is 0.0475. The third-order valence-electron chi connectivity index (χ3n) is 2.84. The summed E-state index contributed by atoms with van der Waals surface area (Å²) in [6, 6.07) is 2.47. The van der Waals surface area contributed by atoms with E-state index in [1.54, 1.807) is 0 Å². The Morgan fingerprint density at radius 1 is 1.21 bits per heavy atom. The molecule has 0 aliphatic heterocycles. The number of carbonyl (C=O) groups excluding carboxylic acids is 1. The van der Waals surface area contributed by atoms with Crippen LogP contribution in [-0.4, -0.2) is 40.3 Å². The van der Waals surface area contributed by atoms with Crippen LogP contribution < -0.4 is 0 Å². The number of nitrogens with zero attached hydrogens (tertiary/aromatic N) is 3. The first kappa shape index (κ1) is 22.0.